The minimum Gasteiger partial charge on any atom is -0.464 e. The van der Waals surface area contributed by atoms with Crippen LogP contribution < -0.4 is 0 Å². The van der Waals surface area contributed by atoms with Gasteiger partial charge in [0.2, 0.25) is 0 Å². The monoisotopic (exact) mass is 220 g/mol. The molecule has 0 aliphatic carbocycles. The Morgan fingerprint density at radius 2 is 2.25 bits per heavy atom. The van der Waals surface area contributed by atoms with Crippen LogP contribution in [-0.2, 0) is 4.74 Å². The second-order valence-electron chi connectivity index (χ2n) is 3.17. The third-order valence-corrected chi connectivity index (χ3v) is 2.24. The average molecular weight is 220 g/mol. The number of esters is 1. The maximum atomic E-state index is 11.2. The number of non-ortho nitro benzene ring substituents is 1. The first-order valence-corrected chi connectivity index (χ1v) is 4.48. The molecule has 6 heteroatoms. The normalized spacial score (nSPS) is 10.3. The van der Waals surface area contributed by atoms with Crippen LogP contribution in [0, 0.1) is 10.1 Å². The number of nitro groups is 1. The number of nitro benzene ring substituents is 1. The van der Waals surface area contributed by atoms with E-state index >= 15 is 0 Å². The zero-order chi connectivity index (χ0) is 11.7. The van der Waals surface area contributed by atoms with Crippen molar-refractivity contribution in [2.24, 2.45) is 0 Å². The quantitative estimate of drug-likeness (QED) is 0.475. The number of H-pyrrole nitrogens is 1. The fraction of sp³-hybridized carbons (Fsp3) is 0.100. The van der Waals surface area contributed by atoms with E-state index in [-0.39, 0.29) is 11.4 Å². The standard InChI is InChI=1S/C10H8N2O4/c1-16-10(13)8-5-6-7(11-8)3-2-4-9(6)12(14)15/h2-5,11H,1H3. The molecule has 0 amide bonds. The number of carbonyl (C=O) groups excluding carboxylic acids is 1. The van der Waals surface area contributed by atoms with E-state index < -0.39 is 10.9 Å². The van der Waals surface area contributed by atoms with Gasteiger partial charge in [0.15, 0.2) is 0 Å². The predicted molar refractivity (Wildman–Crippen MR) is 56.3 cm³/mol. The number of hydrogen-bond acceptors (Lipinski definition) is 4. The number of ether oxygens (including phenoxy) is 1. The highest BCUT2D eigenvalue weighted by atomic mass is 16.6. The highest BCUT2D eigenvalue weighted by molar-refractivity contribution is 5.98. The van der Waals surface area contributed by atoms with Crippen LogP contribution >= 0.6 is 0 Å². The number of rotatable bonds is 2. The summed E-state index contributed by atoms with van der Waals surface area (Å²) in [6, 6.07) is 6.02. The van der Waals surface area contributed by atoms with E-state index in [9.17, 15) is 14.9 Å². The molecule has 0 aliphatic heterocycles. The summed E-state index contributed by atoms with van der Waals surface area (Å²) in [5.41, 5.74) is 0.699. The van der Waals surface area contributed by atoms with Crippen molar-refractivity contribution in [3.8, 4) is 0 Å². The Labute approximate surface area is 90.0 Å². The molecule has 82 valence electrons. The summed E-state index contributed by atoms with van der Waals surface area (Å²) in [4.78, 5) is 24.3. The summed E-state index contributed by atoms with van der Waals surface area (Å²) < 4.78 is 4.53. The molecular weight excluding hydrogens is 212 g/mol. The number of methoxy groups -OCH3 is 1. The molecule has 0 atom stereocenters. The van der Waals surface area contributed by atoms with Crippen LogP contribution in [0.15, 0.2) is 24.3 Å². The first-order chi connectivity index (χ1) is 7.63. The smallest absolute Gasteiger partial charge is 0.354 e. The summed E-state index contributed by atoms with van der Waals surface area (Å²) in [5.74, 6) is -0.550. The molecule has 0 saturated carbocycles. The Morgan fingerprint density at radius 1 is 1.50 bits per heavy atom. The molecule has 0 fully saturated rings. The Bertz CT molecular complexity index is 573. The van der Waals surface area contributed by atoms with Gasteiger partial charge in [-0.3, -0.25) is 10.1 Å². The lowest BCUT2D eigenvalue weighted by Gasteiger charge is -1.92. The van der Waals surface area contributed by atoms with Gasteiger partial charge in [0.05, 0.1) is 22.9 Å². The lowest BCUT2D eigenvalue weighted by Crippen LogP contribution is -2.00. The van der Waals surface area contributed by atoms with Crippen molar-refractivity contribution < 1.29 is 14.5 Å². The Kier molecular flexibility index (Phi) is 2.32. The fourth-order valence-electron chi connectivity index (χ4n) is 1.52. The Balaban J connectivity index is 2.65. The third-order valence-electron chi connectivity index (χ3n) is 2.24. The van der Waals surface area contributed by atoms with Crippen molar-refractivity contribution in [3.05, 3.63) is 40.1 Å². The van der Waals surface area contributed by atoms with Gasteiger partial charge in [-0.25, -0.2) is 4.79 Å². The summed E-state index contributed by atoms with van der Waals surface area (Å²) in [6.45, 7) is 0. The minimum atomic E-state index is -0.550. The maximum absolute atomic E-state index is 11.2. The van der Waals surface area contributed by atoms with Crippen LogP contribution in [0.5, 0.6) is 0 Å². The van der Waals surface area contributed by atoms with Gasteiger partial charge in [0, 0.05) is 6.07 Å². The second-order valence-corrected chi connectivity index (χ2v) is 3.17. The summed E-state index contributed by atoms with van der Waals surface area (Å²) in [5, 5.41) is 11.1. The highest BCUT2D eigenvalue weighted by Gasteiger charge is 2.16. The van der Waals surface area contributed by atoms with Crippen molar-refractivity contribution in [3.63, 3.8) is 0 Å². The molecule has 0 aliphatic rings. The molecule has 1 aromatic heterocycles. The zero-order valence-corrected chi connectivity index (χ0v) is 8.39. The highest BCUT2D eigenvalue weighted by Crippen LogP contribution is 2.26. The molecule has 0 radical (unpaired) electrons. The van der Waals surface area contributed by atoms with Crippen LogP contribution in [0.4, 0.5) is 5.69 Å². The molecule has 16 heavy (non-hydrogen) atoms. The van der Waals surface area contributed by atoms with Crippen LogP contribution in [-0.4, -0.2) is 23.0 Å². The number of nitrogens with zero attached hydrogens (tertiary/aromatic N) is 1. The van der Waals surface area contributed by atoms with Crippen molar-refractivity contribution in [2.75, 3.05) is 7.11 Å². The van der Waals surface area contributed by atoms with Gasteiger partial charge >= 0.3 is 5.97 Å². The lowest BCUT2D eigenvalue weighted by molar-refractivity contribution is -0.383. The van der Waals surface area contributed by atoms with E-state index in [0.29, 0.717) is 10.9 Å². The van der Waals surface area contributed by atoms with Gasteiger partial charge < -0.3 is 9.72 Å². The maximum Gasteiger partial charge on any atom is 0.354 e. The topological polar surface area (TPSA) is 85.2 Å². The van der Waals surface area contributed by atoms with Crippen LogP contribution in [0.2, 0.25) is 0 Å². The first-order valence-electron chi connectivity index (χ1n) is 4.48. The minimum absolute atomic E-state index is 0.0381. The molecule has 0 bridgehead atoms. The van der Waals surface area contributed by atoms with E-state index in [1.54, 1.807) is 12.1 Å². The van der Waals surface area contributed by atoms with E-state index in [1.807, 2.05) is 0 Å². The number of fused-ring (bicyclic) bond motifs is 1. The number of aromatic amines is 1. The van der Waals surface area contributed by atoms with Crippen molar-refractivity contribution in [2.45, 2.75) is 0 Å². The van der Waals surface area contributed by atoms with Gasteiger partial charge in [-0.05, 0) is 12.1 Å². The first kappa shape index (κ1) is 10.2. The fourth-order valence-corrected chi connectivity index (χ4v) is 1.52. The lowest BCUT2D eigenvalue weighted by atomic mass is 10.2. The molecule has 1 N–H and O–H groups in total. The van der Waals surface area contributed by atoms with Crippen molar-refractivity contribution >= 4 is 22.6 Å². The molecule has 2 aromatic rings. The predicted octanol–water partition coefficient (Wildman–Crippen LogP) is 1.86. The molecule has 1 heterocycles. The Hall–Kier alpha value is -2.37. The van der Waals surface area contributed by atoms with Gasteiger partial charge in [-0.2, -0.15) is 0 Å². The number of carbonyl (C=O) groups is 1. The summed E-state index contributed by atoms with van der Waals surface area (Å²) in [6.07, 6.45) is 0. The zero-order valence-electron chi connectivity index (χ0n) is 8.39. The van der Waals surface area contributed by atoms with Crippen LogP contribution in [0.25, 0.3) is 10.9 Å². The molecule has 6 nitrogen and oxygen atoms in total. The summed E-state index contributed by atoms with van der Waals surface area (Å²) in [7, 11) is 1.25. The molecule has 1 aromatic carbocycles. The van der Waals surface area contributed by atoms with Crippen LogP contribution in [0.1, 0.15) is 10.5 Å². The SMILES string of the molecule is COC(=O)c1cc2c([N+](=O)[O-])cccc2[nH]1. The van der Waals surface area contributed by atoms with E-state index in [2.05, 4.69) is 9.72 Å². The molecular formula is C10H8N2O4. The summed E-state index contributed by atoms with van der Waals surface area (Å²) >= 11 is 0. The number of benzene rings is 1. The second kappa shape index (κ2) is 3.65. The molecule has 2 rings (SSSR count). The molecule has 0 saturated heterocycles. The van der Waals surface area contributed by atoms with Gasteiger partial charge in [0.1, 0.15) is 5.69 Å². The number of aromatic nitrogens is 1. The number of nitrogens with one attached hydrogen (secondary N) is 1. The average Bonchev–Trinajstić information content (AvgIpc) is 2.70. The van der Waals surface area contributed by atoms with E-state index in [4.69, 9.17) is 0 Å². The van der Waals surface area contributed by atoms with E-state index in [0.717, 1.165) is 0 Å². The van der Waals surface area contributed by atoms with E-state index in [1.165, 1.54) is 19.2 Å². The van der Waals surface area contributed by atoms with Gasteiger partial charge in [0.25, 0.3) is 5.69 Å². The van der Waals surface area contributed by atoms with Crippen LogP contribution in [0.3, 0.4) is 0 Å². The molecule has 0 unspecified atom stereocenters. The third kappa shape index (κ3) is 1.50. The van der Waals surface area contributed by atoms with Crippen molar-refractivity contribution in [1.82, 2.24) is 4.98 Å². The largest absolute Gasteiger partial charge is 0.464 e. The molecule has 0 spiro atoms. The van der Waals surface area contributed by atoms with Gasteiger partial charge in [-0.1, -0.05) is 6.07 Å². The van der Waals surface area contributed by atoms with Gasteiger partial charge in [-0.15, -0.1) is 0 Å². The Morgan fingerprint density at radius 3 is 2.88 bits per heavy atom. The number of hydrogen-bond donors (Lipinski definition) is 1. The van der Waals surface area contributed by atoms with Crippen molar-refractivity contribution in [1.29, 1.82) is 0 Å².